The van der Waals surface area contributed by atoms with E-state index in [0.717, 1.165) is 5.56 Å². The first-order valence-electron chi connectivity index (χ1n) is 7.27. The molecule has 0 bridgehead atoms. The molecule has 2 aliphatic heterocycles. The molecule has 2 aliphatic rings. The van der Waals surface area contributed by atoms with Crippen molar-refractivity contribution >= 4 is 11.9 Å². The van der Waals surface area contributed by atoms with Crippen molar-refractivity contribution in [1.29, 1.82) is 0 Å². The minimum atomic E-state index is -0.722. The van der Waals surface area contributed by atoms with Crippen LogP contribution in [0.25, 0.3) is 0 Å². The van der Waals surface area contributed by atoms with Crippen LogP contribution in [0.4, 0.5) is 0 Å². The number of amides is 1. The summed E-state index contributed by atoms with van der Waals surface area (Å²) in [5, 5.41) is 0. The molecule has 0 spiro atoms. The fourth-order valence-electron chi connectivity index (χ4n) is 2.80. The Labute approximate surface area is 123 Å². The summed E-state index contributed by atoms with van der Waals surface area (Å²) in [4.78, 5) is 26.4. The number of ether oxygens (including phenoxy) is 2. The highest BCUT2D eigenvalue weighted by atomic mass is 16.6. The van der Waals surface area contributed by atoms with E-state index in [1.807, 2.05) is 37.3 Å². The van der Waals surface area contributed by atoms with Gasteiger partial charge in [-0.25, -0.2) is 4.79 Å². The lowest BCUT2D eigenvalue weighted by Crippen LogP contribution is -2.56. The number of carbonyl (C=O) groups is 2. The number of carbonyl (C=O) groups excluding carboxylic acids is 2. The molecule has 1 aromatic rings. The normalized spacial score (nSPS) is 30.0. The van der Waals surface area contributed by atoms with Crippen LogP contribution in [0.1, 0.15) is 31.9 Å². The zero-order valence-corrected chi connectivity index (χ0v) is 12.2. The highest BCUT2D eigenvalue weighted by Crippen LogP contribution is 2.31. The molecule has 0 N–H and O–H groups in total. The monoisotopic (exact) mass is 289 g/mol. The molecule has 5 heteroatoms. The van der Waals surface area contributed by atoms with Gasteiger partial charge in [-0.3, -0.25) is 4.79 Å². The van der Waals surface area contributed by atoms with Gasteiger partial charge in [0.05, 0.1) is 18.8 Å². The summed E-state index contributed by atoms with van der Waals surface area (Å²) in [7, 11) is 0. The summed E-state index contributed by atoms with van der Waals surface area (Å²) in [6.07, 6.45) is -0.150. The number of epoxide rings is 1. The second-order valence-electron chi connectivity index (χ2n) is 5.62. The van der Waals surface area contributed by atoms with Crippen LogP contribution in [0.3, 0.4) is 0 Å². The van der Waals surface area contributed by atoms with Gasteiger partial charge in [0.25, 0.3) is 5.91 Å². The van der Waals surface area contributed by atoms with Crippen LogP contribution in [-0.2, 0) is 19.1 Å². The number of hydrogen-bond donors (Lipinski definition) is 0. The number of benzene rings is 1. The highest BCUT2D eigenvalue weighted by molar-refractivity contribution is 5.92. The van der Waals surface area contributed by atoms with Crippen molar-refractivity contribution < 1.29 is 19.1 Å². The summed E-state index contributed by atoms with van der Waals surface area (Å²) in [6.45, 7) is 4.22. The van der Waals surface area contributed by atoms with Gasteiger partial charge in [0.15, 0.2) is 6.10 Å². The molecule has 112 valence electrons. The number of esters is 1. The Hall–Kier alpha value is -1.88. The van der Waals surface area contributed by atoms with Crippen molar-refractivity contribution in [3.05, 3.63) is 35.9 Å². The van der Waals surface area contributed by atoms with Crippen molar-refractivity contribution in [2.45, 2.75) is 44.6 Å². The van der Waals surface area contributed by atoms with Crippen LogP contribution in [0.15, 0.2) is 30.3 Å². The number of hydrogen-bond acceptors (Lipinski definition) is 4. The number of rotatable bonds is 4. The third kappa shape index (κ3) is 2.78. The molecule has 1 amide bonds. The van der Waals surface area contributed by atoms with Gasteiger partial charge in [-0.2, -0.15) is 0 Å². The molecule has 2 fully saturated rings. The van der Waals surface area contributed by atoms with Gasteiger partial charge < -0.3 is 14.4 Å². The maximum absolute atomic E-state index is 12.5. The zero-order chi connectivity index (χ0) is 15.0. The first kappa shape index (κ1) is 14.1. The standard InChI is InChI=1S/C16H19NO4/c1-10(12-6-4-3-5-7-12)17-14(8-13-9-20-13)16(19)21-11(2)15(17)18/h3-7,10-11,13-14H,8-9H2,1-2H3/t10-,11-,13+,14+/m0/s1. The molecule has 0 aromatic heterocycles. The summed E-state index contributed by atoms with van der Waals surface area (Å²) >= 11 is 0. The number of nitrogens with zero attached hydrogens (tertiary/aromatic N) is 1. The fourth-order valence-corrected chi connectivity index (χ4v) is 2.80. The molecular weight excluding hydrogens is 270 g/mol. The van der Waals surface area contributed by atoms with Crippen LogP contribution in [0.2, 0.25) is 0 Å². The van der Waals surface area contributed by atoms with Crippen molar-refractivity contribution in [2.75, 3.05) is 6.61 Å². The van der Waals surface area contributed by atoms with Crippen LogP contribution in [0.5, 0.6) is 0 Å². The molecule has 21 heavy (non-hydrogen) atoms. The Bertz CT molecular complexity index is 540. The second-order valence-corrected chi connectivity index (χ2v) is 5.62. The molecule has 1 aromatic carbocycles. The minimum absolute atomic E-state index is 0.0641. The largest absolute Gasteiger partial charge is 0.451 e. The predicted octanol–water partition coefficient (Wildman–Crippen LogP) is 1.68. The number of morpholine rings is 1. The summed E-state index contributed by atoms with van der Waals surface area (Å²) in [5.41, 5.74) is 1.01. The Morgan fingerprint density at radius 3 is 2.57 bits per heavy atom. The van der Waals surface area contributed by atoms with E-state index < -0.39 is 12.1 Å². The third-order valence-corrected chi connectivity index (χ3v) is 4.09. The van der Waals surface area contributed by atoms with Gasteiger partial charge >= 0.3 is 5.97 Å². The molecule has 0 unspecified atom stereocenters. The predicted molar refractivity (Wildman–Crippen MR) is 75.4 cm³/mol. The van der Waals surface area contributed by atoms with Gasteiger partial charge in [-0.1, -0.05) is 30.3 Å². The van der Waals surface area contributed by atoms with E-state index in [1.165, 1.54) is 0 Å². The van der Waals surface area contributed by atoms with Gasteiger partial charge in [0.2, 0.25) is 0 Å². The van der Waals surface area contributed by atoms with E-state index >= 15 is 0 Å². The van der Waals surface area contributed by atoms with Crippen LogP contribution >= 0.6 is 0 Å². The smallest absolute Gasteiger partial charge is 0.329 e. The SMILES string of the molecule is C[C@@H]1OC(=O)[C@@H](C[C@@H]2CO2)N([C@@H](C)c2ccccc2)C1=O. The molecule has 2 saturated heterocycles. The second kappa shape index (κ2) is 5.48. The Kier molecular flexibility index (Phi) is 3.68. The first-order valence-corrected chi connectivity index (χ1v) is 7.27. The van der Waals surface area contributed by atoms with Gasteiger partial charge in [-0.05, 0) is 19.4 Å². The Morgan fingerprint density at radius 1 is 1.29 bits per heavy atom. The lowest BCUT2D eigenvalue weighted by molar-refractivity contribution is -0.180. The quantitative estimate of drug-likeness (QED) is 0.625. The van der Waals surface area contributed by atoms with Gasteiger partial charge in [0.1, 0.15) is 6.04 Å². The molecule has 0 saturated carbocycles. The van der Waals surface area contributed by atoms with Crippen molar-refractivity contribution in [3.63, 3.8) is 0 Å². The van der Waals surface area contributed by atoms with E-state index in [1.54, 1.807) is 11.8 Å². The Balaban J connectivity index is 1.89. The molecule has 4 atom stereocenters. The lowest BCUT2D eigenvalue weighted by atomic mass is 10.00. The fraction of sp³-hybridized carbons (Fsp3) is 0.500. The van der Waals surface area contributed by atoms with Gasteiger partial charge in [-0.15, -0.1) is 0 Å². The average Bonchev–Trinajstić information content (AvgIpc) is 3.29. The molecule has 0 aliphatic carbocycles. The van der Waals surface area contributed by atoms with Crippen LogP contribution in [-0.4, -0.2) is 41.6 Å². The lowest BCUT2D eigenvalue weighted by Gasteiger charge is -2.40. The molecule has 2 heterocycles. The van der Waals surface area contributed by atoms with Crippen LogP contribution in [0, 0.1) is 0 Å². The topological polar surface area (TPSA) is 59.1 Å². The number of cyclic esters (lactones) is 1. The van der Waals surface area contributed by atoms with Gasteiger partial charge in [0, 0.05) is 6.42 Å². The molecular formula is C16H19NO4. The maximum Gasteiger partial charge on any atom is 0.329 e. The summed E-state index contributed by atoms with van der Waals surface area (Å²) < 4.78 is 10.4. The van der Waals surface area contributed by atoms with Crippen molar-refractivity contribution in [3.8, 4) is 0 Å². The minimum Gasteiger partial charge on any atom is -0.451 e. The maximum atomic E-state index is 12.5. The van der Waals surface area contributed by atoms with E-state index in [-0.39, 0.29) is 24.0 Å². The average molecular weight is 289 g/mol. The highest BCUT2D eigenvalue weighted by Gasteiger charge is 2.45. The summed E-state index contributed by atoms with van der Waals surface area (Å²) in [6, 6.07) is 9.00. The van der Waals surface area contributed by atoms with E-state index in [2.05, 4.69) is 0 Å². The summed E-state index contributed by atoms with van der Waals surface area (Å²) in [5.74, 6) is -0.475. The van der Waals surface area contributed by atoms with Crippen molar-refractivity contribution in [2.24, 2.45) is 0 Å². The Morgan fingerprint density at radius 2 is 1.95 bits per heavy atom. The van der Waals surface area contributed by atoms with Crippen molar-refractivity contribution in [1.82, 2.24) is 4.90 Å². The third-order valence-electron chi connectivity index (χ3n) is 4.09. The molecule has 5 nitrogen and oxygen atoms in total. The van der Waals surface area contributed by atoms with E-state index in [0.29, 0.717) is 13.0 Å². The van der Waals surface area contributed by atoms with E-state index in [4.69, 9.17) is 9.47 Å². The molecule has 3 rings (SSSR count). The van der Waals surface area contributed by atoms with Crippen LogP contribution < -0.4 is 0 Å². The molecule has 0 radical (unpaired) electrons. The zero-order valence-electron chi connectivity index (χ0n) is 12.2. The van der Waals surface area contributed by atoms with E-state index in [9.17, 15) is 9.59 Å². The first-order chi connectivity index (χ1) is 10.1.